The van der Waals surface area contributed by atoms with Crippen molar-refractivity contribution < 1.29 is 23.9 Å². The average Bonchev–Trinajstić information content (AvgIpc) is 3.28. The summed E-state index contributed by atoms with van der Waals surface area (Å²) in [5, 5.41) is 1.80. The van der Waals surface area contributed by atoms with Crippen molar-refractivity contribution in [1.82, 2.24) is 5.32 Å². The Bertz CT molecular complexity index is 693. The maximum Gasteiger partial charge on any atom is 0.314 e. The third-order valence-corrected chi connectivity index (χ3v) is 4.06. The Morgan fingerprint density at radius 1 is 1.32 bits per heavy atom. The number of amides is 2. The number of ether oxygens (including phenoxy) is 2. The highest BCUT2D eigenvalue weighted by Crippen LogP contribution is 2.35. The SMILES string of the molecule is COc1cc(/C=C2\SC(=O)NC2=O)ccc1OC(=O)C1CC1. The molecule has 1 aromatic carbocycles. The maximum atomic E-state index is 11.7. The zero-order chi connectivity index (χ0) is 15.7. The molecule has 1 N–H and O–H groups in total. The zero-order valence-corrected chi connectivity index (χ0v) is 12.6. The number of hydrogen-bond acceptors (Lipinski definition) is 6. The van der Waals surface area contributed by atoms with Crippen molar-refractivity contribution in [2.75, 3.05) is 7.11 Å². The molecule has 7 heteroatoms. The zero-order valence-electron chi connectivity index (χ0n) is 11.8. The summed E-state index contributed by atoms with van der Waals surface area (Å²) in [7, 11) is 1.47. The van der Waals surface area contributed by atoms with Crippen LogP contribution < -0.4 is 14.8 Å². The Labute approximate surface area is 130 Å². The molecule has 1 saturated heterocycles. The van der Waals surface area contributed by atoms with Crippen LogP contribution in [0.1, 0.15) is 18.4 Å². The van der Waals surface area contributed by atoms with Gasteiger partial charge in [0.2, 0.25) is 0 Å². The summed E-state index contributed by atoms with van der Waals surface area (Å²) in [4.78, 5) is 34.7. The van der Waals surface area contributed by atoms with Crippen molar-refractivity contribution in [3.63, 3.8) is 0 Å². The van der Waals surface area contributed by atoms with Crippen LogP contribution >= 0.6 is 11.8 Å². The van der Waals surface area contributed by atoms with E-state index < -0.39 is 11.1 Å². The summed E-state index contributed by atoms with van der Waals surface area (Å²) in [5.41, 5.74) is 0.676. The first kappa shape index (κ1) is 14.6. The van der Waals surface area contributed by atoms with Crippen molar-refractivity contribution in [3.05, 3.63) is 28.7 Å². The minimum atomic E-state index is -0.418. The van der Waals surface area contributed by atoms with Crippen LogP contribution in [0, 0.1) is 5.92 Å². The monoisotopic (exact) mass is 319 g/mol. The van der Waals surface area contributed by atoms with Gasteiger partial charge in [0.1, 0.15) is 0 Å². The minimum Gasteiger partial charge on any atom is -0.493 e. The summed E-state index contributed by atoms with van der Waals surface area (Å²) in [6.07, 6.45) is 3.32. The van der Waals surface area contributed by atoms with Crippen LogP contribution in [-0.2, 0) is 9.59 Å². The number of imide groups is 1. The van der Waals surface area contributed by atoms with Gasteiger partial charge in [-0.25, -0.2) is 0 Å². The van der Waals surface area contributed by atoms with E-state index in [0.717, 1.165) is 24.6 Å². The van der Waals surface area contributed by atoms with Gasteiger partial charge in [-0.3, -0.25) is 19.7 Å². The Balaban J connectivity index is 1.82. The predicted octanol–water partition coefficient (Wildman–Crippen LogP) is 2.33. The molecular formula is C15H13NO5S. The number of thioether (sulfide) groups is 1. The normalized spacial score (nSPS) is 19.2. The van der Waals surface area contributed by atoms with Gasteiger partial charge in [-0.05, 0) is 48.4 Å². The van der Waals surface area contributed by atoms with Crippen LogP contribution in [0.5, 0.6) is 11.5 Å². The fourth-order valence-electron chi connectivity index (χ4n) is 1.94. The largest absolute Gasteiger partial charge is 0.493 e. The molecule has 0 radical (unpaired) electrons. The van der Waals surface area contributed by atoms with Crippen molar-refractivity contribution in [3.8, 4) is 11.5 Å². The molecule has 1 aliphatic heterocycles. The van der Waals surface area contributed by atoms with Gasteiger partial charge in [0.15, 0.2) is 11.5 Å². The molecule has 6 nitrogen and oxygen atoms in total. The van der Waals surface area contributed by atoms with Crippen molar-refractivity contribution in [1.29, 1.82) is 0 Å². The molecule has 2 amide bonds. The summed E-state index contributed by atoms with van der Waals surface area (Å²) in [6, 6.07) is 4.96. The molecule has 1 aliphatic carbocycles. The van der Waals surface area contributed by atoms with Gasteiger partial charge >= 0.3 is 5.97 Å². The highest BCUT2D eigenvalue weighted by molar-refractivity contribution is 8.18. The predicted molar refractivity (Wildman–Crippen MR) is 80.5 cm³/mol. The van der Waals surface area contributed by atoms with E-state index in [1.165, 1.54) is 7.11 Å². The van der Waals surface area contributed by atoms with Crippen LogP contribution in [0.25, 0.3) is 6.08 Å². The van der Waals surface area contributed by atoms with Crippen molar-refractivity contribution >= 4 is 35.0 Å². The number of methoxy groups -OCH3 is 1. The van der Waals surface area contributed by atoms with Crippen LogP contribution in [0.4, 0.5) is 4.79 Å². The van der Waals surface area contributed by atoms with Crippen LogP contribution in [0.3, 0.4) is 0 Å². The number of carbonyl (C=O) groups excluding carboxylic acids is 3. The fourth-order valence-corrected chi connectivity index (χ4v) is 2.62. The second-order valence-corrected chi connectivity index (χ2v) is 5.97. The number of benzene rings is 1. The third-order valence-electron chi connectivity index (χ3n) is 3.25. The van der Waals surface area contributed by atoms with Crippen molar-refractivity contribution in [2.24, 2.45) is 5.92 Å². The lowest BCUT2D eigenvalue weighted by Gasteiger charge is -2.09. The molecule has 1 saturated carbocycles. The molecule has 0 unspecified atom stereocenters. The Morgan fingerprint density at radius 2 is 2.09 bits per heavy atom. The van der Waals surface area contributed by atoms with Gasteiger partial charge in [0, 0.05) is 0 Å². The van der Waals surface area contributed by atoms with Gasteiger partial charge in [-0.2, -0.15) is 0 Å². The summed E-state index contributed by atoms with van der Waals surface area (Å²) in [6.45, 7) is 0. The van der Waals surface area contributed by atoms with E-state index in [1.807, 2.05) is 0 Å². The van der Waals surface area contributed by atoms with Crippen LogP contribution in [-0.4, -0.2) is 24.2 Å². The molecule has 0 bridgehead atoms. The quantitative estimate of drug-likeness (QED) is 0.521. The van der Waals surface area contributed by atoms with Gasteiger partial charge < -0.3 is 9.47 Å². The fraction of sp³-hybridized carbons (Fsp3) is 0.267. The average molecular weight is 319 g/mol. The van der Waals surface area contributed by atoms with E-state index in [0.29, 0.717) is 22.0 Å². The number of hydrogen-bond donors (Lipinski definition) is 1. The number of nitrogens with one attached hydrogen (secondary N) is 1. The summed E-state index contributed by atoms with van der Waals surface area (Å²) < 4.78 is 10.5. The standard InChI is InChI=1S/C15H13NO5S/c1-20-11-6-8(7-12-13(17)16-15(19)22-12)2-5-10(11)21-14(18)9-3-4-9/h2,5-7,9H,3-4H2,1H3,(H,16,17,19)/b12-7-. The Morgan fingerprint density at radius 3 is 2.68 bits per heavy atom. The molecule has 1 aromatic rings. The van der Waals surface area contributed by atoms with Gasteiger partial charge in [-0.1, -0.05) is 6.07 Å². The van der Waals surface area contributed by atoms with Gasteiger partial charge in [-0.15, -0.1) is 0 Å². The van der Waals surface area contributed by atoms with E-state index in [2.05, 4.69) is 5.32 Å². The molecule has 22 heavy (non-hydrogen) atoms. The molecular weight excluding hydrogens is 306 g/mol. The molecule has 0 aromatic heterocycles. The molecule has 0 atom stereocenters. The first-order chi connectivity index (χ1) is 10.6. The lowest BCUT2D eigenvalue weighted by molar-refractivity contribution is -0.135. The number of esters is 1. The van der Waals surface area contributed by atoms with Crippen LogP contribution in [0.15, 0.2) is 23.1 Å². The van der Waals surface area contributed by atoms with Crippen molar-refractivity contribution in [2.45, 2.75) is 12.8 Å². The van der Waals surface area contributed by atoms with E-state index >= 15 is 0 Å². The number of carbonyl (C=O) groups is 3. The smallest absolute Gasteiger partial charge is 0.314 e. The molecule has 2 aliphatic rings. The lowest BCUT2D eigenvalue weighted by atomic mass is 10.2. The first-order valence-electron chi connectivity index (χ1n) is 6.71. The summed E-state index contributed by atoms with van der Waals surface area (Å²) >= 11 is 0.844. The van der Waals surface area contributed by atoms with E-state index in [9.17, 15) is 14.4 Å². The van der Waals surface area contributed by atoms with Crippen LogP contribution in [0.2, 0.25) is 0 Å². The number of rotatable bonds is 4. The third kappa shape index (κ3) is 3.14. The van der Waals surface area contributed by atoms with E-state index in [-0.39, 0.29) is 11.9 Å². The molecule has 0 spiro atoms. The molecule has 1 heterocycles. The minimum absolute atomic E-state index is 0.00361. The first-order valence-corrected chi connectivity index (χ1v) is 7.53. The van der Waals surface area contributed by atoms with Gasteiger partial charge in [0.05, 0.1) is 17.9 Å². The lowest BCUT2D eigenvalue weighted by Crippen LogP contribution is -2.17. The topological polar surface area (TPSA) is 81.7 Å². The van der Waals surface area contributed by atoms with Gasteiger partial charge in [0.25, 0.3) is 11.1 Å². The second kappa shape index (κ2) is 5.84. The maximum absolute atomic E-state index is 11.7. The highest BCUT2D eigenvalue weighted by Gasteiger charge is 2.32. The molecule has 3 rings (SSSR count). The van der Waals surface area contributed by atoms with E-state index in [4.69, 9.17) is 9.47 Å². The Hall–Kier alpha value is -2.28. The highest BCUT2D eigenvalue weighted by atomic mass is 32.2. The Kier molecular flexibility index (Phi) is 3.89. The second-order valence-electron chi connectivity index (χ2n) is 4.96. The molecule has 114 valence electrons. The van der Waals surface area contributed by atoms with E-state index in [1.54, 1.807) is 24.3 Å². The summed E-state index contributed by atoms with van der Waals surface area (Å²) in [5.74, 6) is 0.0780. The molecule has 2 fully saturated rings.